The van der Waals surface area contributed by atoms with Crippen LogP contribution in [0.3, 0.4) is 0 Å². The van der Waals surface area contributed by atoms with Crippen molar-refractivity contribution in [3.63, 3.8) is 0 Å². The summed E-state index contributed by atoms with van der Waals surface area (Å²) in [6.45, 7) is 8.03. The van der Waals surface area contributed by atoms with Gasteiger partial charge >= 0.3 is 5.97 Å². The third-order valence-electron chi connectivity index (χ3n) is 12.3. The second-order valence-electron chi connectivity index (χ2n) is 16.8. The number of para-hydroxylation sites is 1. The van der Waals surface area contributed by atoms with Gasteiger partial charge in [0.1, 0.15) is 11.6 Å². The molecule has 2 aromatic carbocycles. The van der Waals surface area contributed by atoms with Gasteiger partial charge in [0.2, 0.25) is 0 Å². The molecule has 0 spiro atoms. The Balaban J connectivity index is 0.987. The Morgan fingerprint density at radius 3 is 2.49 bits per heavy atom. The van der Waals surface area contributed by atoms with Crippen molar-refractivity contribution in [1.82, 2.24) is 19.7 Å². The van der Waals surface area contributed by atoms with E-state index in [1.165, 1.54) is 29.9 Å². The number of carbonyl (C=O) groups excluding carboxylic acids is 1. The first kappa shape index (κ1) is 34.1. The molecule has 1 amide bonds. The van der Waals surface area contributed by atoms with E-state index in [1.54, 1.807) is 18.3 Å². The van der Waals surface area contributed by atoms with Gasteiger partial charge in [0.25, 0.3) is 5.91 Å². The molecule has 13 heteroatoms. The van der Waals surface area contributed by atoms with Gasteiger partial charge in [-0.25, -0.2) is 25.0 Å². The van der Waals surface area contributed by atoms with Crippen LogP contribution < -0.4 is 16.1 Å². The minimum atomic E-state index is -1.16. The van der Waals surface area contributed by atoms with Crippen molar-refractivity contribution < 1.29 is 23.9 Å². The molecule has 4 N–H and O–H groups in total. The van der Waals surface area contributed by atoms with Crippen LogP contribution in [-0.2, 0) is 24.3 Å². The fourth-order valence-electron chi connectivity index (χ4n) is 11.4. The van der Waals surface area contributed by atoms with Gasteiger partial charge in [-0.1, -0.05) is 37.3 Å². The number of aromatic nitrogens is 4. The van der Waals surface area contributed by atoms with Crippen molar-refractivity contribution in [2.45, 2.75) is 84.4 Å². The molecule has 5 aliphatic rings. The zero-order chi connectivity index (χ0) is 36.9. The topological polar surface area (TPSA) is 148 Å². The molecule has 0 saturated heterocycles. The van der Waals surface area contributed by atoms with Crippen LogP contribution in [0.1, 0.15) is 90.0 Å². The predicted molar refractivity (Wildman–Crippen MR) is 200 cm³/mol. The fourth-order valence-corrected chi connectivity index (χ4v) is 12.3. The number of hydrogen-bond donors (Lipinski definition) is 3. The minimum Gasteiger partial charge on any atom is -0.476 e. The average Bonchev–Trinajstić information content (AvgIpc) is 3.68. The monoisotopic (exact) mass is 735 g/mol. The average molecular weight is 736 g/mol. The number of anilines is 2. The van der Waals surface area contributed by atoms with Gasteiger partial charge < -0.3 is 10.0 Å². The molecular weight excluding hydrogens is 694 g/mol. The number of fused-ring (bicyclic) bond motifs is 2. The molecule has 53 heavy (non-hydrogen) atoms. The lowest BCUT2D eigenvalue weighted by atomic mass is 9.39. The third-order valence-corrected chi connectivity index (χ3v) is 13.3. The van der Waals surface area contributed by atoms with E-state index >= 15 is 4.39 Å². The van der Waals surface area contributed by atoms with Crippen molar-refractivity contribution in [3.05, 3.63) is 88.6 Å². The number of nitrogens with two attached hydrogens (primary N) is 1. The van der Waals surface area contributed by atoms with E-state index in [9.17, 15) is 14.7 Å². The van der Waals surface area contributed by atoms with Gasteiger partial charge in [-0.15, -0.1) is 0 Å². The Bertz CT molecular complexity index is 2290. The number of amides is 1. The minimum absolute atomic E-state index is 0.0163. The van der Waals surface area contributed by atoms with Gasteiger partial charge in [-0.2, -0.15) is 5.10 Å². The molecule has 4 heterocycles. The van der Waals surface area contributed by atoms with Crippen LogP contribution in [0.4, 0.5) is 15.3 Å². The van der Waals surface area contributed by atoms with E-state index in [1.807, 2.05) is 40.8 Å². The summed E-state index contributed by atoms with van der Waals surface area (Å²) in [4.78, 5) is 43.2. The summed E-state index contributed by atoms with van der Waals surface area (Å²) >= 11 is 1.37. The van der Waals surface area contributed by atoms with Gasteiger partial charge in [0.15, 0.2) is 10.8 Å². The molecule has 2 atom stereocenters. The number of rotatable bonds is 8. The molecule has 3 aromatic heterocycles. The number of thiazole rings is 1. The number of aromatic carboxylic acids is 1. The molecular formula is C40H42FN7O4S. The molecule has 1 aliphatic heterocycles. The molecule has 5 aromatic rings. The largest absolute Gasteiger partial charge is 0.476 e. The van der Waals surface area contributed by atoms with Crippen molar-refractivity contribution in [3.8, 4) is 11.1 Å². The lowest BCUT2D eigenvalue weighted by molar-refractivity contribution is -0.250. The summed E-state index contributed by atoms with van der Waals surface area (Å²) in [6.07, 6.45) is 8.26. The zero-order valence-corrected chi connectivity index (χ0v) is 30.9. The maximum atomic E-state index is 15.1. The Morgan fingerprint density at radius 1 is 0.981 bits per heavy atom. The van der Waals surface area contributed by atoms with Gasteiger partial charge in [-0.3, -0.25) is 19.6 Å². The molecule has 4 saturated carbocycles. The molecule has 0 radical (unpaired) electrons. The quantitative estimate of drug-likeness (QED) is 0.138. The zero-order valence-electron chi connectivity index (χ0n) is 30.0. The summed E-state index contributed by atoms with van der Waals surface area (Å²) in [5.41, 5.74) is 4.11. The first-order valence-corrected chi connectivity index (χ1v) is 19.0. The van der Waals surface area contributed by atoms with Gasteiger partial charge in [-0.05, 0) is 116 Å². The maximum Gasteiger partial charge on any atom is 0.355 e. The number of carboxylic acids is 1. The van der Waals surface area contributed by atoms with Crippen molar-refractivity contribution in [2.75, 3.05) is 16.8 Å². The fraction of sp³-hybridized carbons (Fsp3) is 0.425. The summed E-state index contributed by atoms with van der Waals surface area (Å²) in [5, 5.41) is 18.6. The summed E-state index contributed by atoms with van der Waals surface area (Å²) < 4.78 is 18.1. The van der Waals surface area contributed by atoms with Crippen LogP contribution >= 0.6 is 11.3 Å². The predicted octanol–water partition coefficient (Wildman–Crippen LogP) is 7.53. The molecule has 10 rings (SSSR count). The van der Waals surface area contributed by atoms with E-state index in [0.29, 0.717) is 58.3 Å². The highest BCUT2D eigenvalue weighted by atomic mass is 32.1. The van der Waals surface area contributed by atoms with E-state index < -0.39 is 5.97 Å². The number of pyridine rings is 1. The van der Waals surface area contributed by atoms with Crippen LogP contribution in [0.25, 0.3) is 21.3 Å². The Morgan fingerprint density at radius 2 is 1.75 bits per heavy atom. The number of benzene rings is 2. The highest BCUT2D eigenvalue weighted by Crippen LogP contribution is 2.71. The smallest absolute Gasteiger partial charge is 0.355 e. The summed E-state index contributed by atoms with van der Waals surface area (Å²) in [5.74, 6) is 4.51. The number of nitrogens with one attached hydrogen (secondary N) is 1. The van der Waals surface area contributed by atoms with E-state index in [-0.39, 0.29) is 45.8 Å². The highest BCUT2D eigenvalue weighted by molar-refractivity contribution is 7.22. The van der Waals surface area contributed by atoms with Crippen LogP contribution in [0, 0.1) is 29.0 Å². The number of halogens is 1. The normalized spacial score (nSPS) is 27.3. The van der Waals surface area contributed by atoms with Crippen LogP contribution in [0.5, 0.6) is 0 Å². The summed E-state index contributed by atoms with van der Waals surface area (Å²) in [6, 6.07) is 14.0. The summed E-state index contributed by atoms with van der Waals surface area (Å²) in [7, 11) is 0. The van der Waals surface area contributed by atoms with Gasteiger partial charge in [0, 0.05) is 42.0 Å². The molecule has 11 nitrogen and oxygen atoms in total. The number of hydrogen-bond acceptors (Lipinski definition) is 9. The highest BCUT2D eigenvalue weighted by Gasteiger charge is 2.66. The molecule has 4 aliphatic carbocycles. The third kappa shape index (κ3) is 5.71. The van der Waals surface area contributed by atoms with Crippen LogP contribution in [0.15, 0.2) is 54.7 Å². The van der Waals surface area contributed by atoms with Crippen LogP contribution in [0.2, 0.25) is 0 Å². The first-order chi connectivity index (χ1) is 25.3. The molecule has 2 unspecified atom stereocenters. The standard InChI is InChI=1S/C40H42FN7O4S/c1-23-27(14-43-48(23)22-39-17-37(2)16-38(3,18-39)20-40(19-37,21-39)52-42)25-9-11-32(45-33(25)35(50)51)47-13-12-24-28(15-47)26(8-10-29(24)41)34(49)46-36-44-30-6-4-5-7-31(30)53-36/h4-11,14H,12-13,15-22,42H2,1-3H3,(H,50,51)(H,44,46,49). The van der Waals surface area contributed by atoms with Crippen molar-refractivity contribution >= 4 is 44.4 Å². The van der Waals surface area contributed by atoms with E-state index in [0.717, 1.165) is 48.0 Å². The second-order valence-corrected chi connectivity index (χ2v) is 17.9. The number of nitrogens with zero attached hydrogens (tertiary/aromatic N) is 5. The van der Waals surface area contributed by atoms with E-state index in [2.05, 4.69) is 29.1 Å². The SMILES string of the molecule is Cc1c(-c2ccc(N3CCc4c(F)ccc(C(=O)Nc5nc6ccccc6s5)c4C3)nc2C(=O)O)cnn1CC12CC3(C)CC(C)(C1)CC(ON)(C3)C2. The number of carboxylic acid groups (broad SMARTS) is 1. The van der Waals surface area contributed by atoms with Crippen molar-refractivity contribution in [2.24, 2.45) is 22.1 Å². The lowest BCUT2D eigenvalue weighted by Crippen LogP contribution is -2.65. The number of carbonyl (C=O) groups is 2. The van der Waals surface area contributed by atoms with Crippen LogP contribution in [-0.4, -0.2) is 48.9 Å². The molecule has 4 bridgehead atoms. The second kappa shape index (κ2) is 11.9. The van der Waals surface area contributed by atoms with Gasteiger partial charge in [0.05, 0.1) is 22.0 Å². The maximum absolute atomic E-state index is 15.1. The van der Waals surface area contributed by atoms with E-state index in [4.69, 9.17) is 15.8 Å². The first-order valence-electron chi connectivity index (χ1n) is 18.2. The molecule has 274 valence electrons. The Labute approximate surface area is 310 Å². The van der Waals surface area contributed by atoms with Crippen molar-refractivity contribution in [1.29, 1.82) is 0 Å². The molecule has 4 fully saturated rings. The Hall–Kier alpha value is -4.72. The lowest BCUT2D eigenvalue weighted by Gasteiger charge is -2.68. The Kier molecular flexibility index (Phi) is 7.65.